The lowest BCUT2D eigenvalue weighted by atomic mass is 10.2. The highest BCUT2D eigenvalue weighted by atomic mass is 32.2. The number of halogens is 3. The Hall–Kier alpha value is -2.46. The molecule has 0 aliphatic heterocycles. The summed E-state index contributed by atoms with van der Waals surface area (Å²) in [6.45, 7) is -0.219. The van der Waals surface area contributed by atoms with Crippen LogP contribution in [0.4, 0.5) is 13.2 Å². The molecule has 0 heterocycles. The maximum absolute atomic E-state index is 12.5. The van der Waals surface area contributed by atoms with Crippen molar-refractivity contribution in [1.82, 2.24) is 4.72 Å². The van der Waals surface area contributed by atoms with Crippen LogP contribution in [0.1, 0.15) is 5.56 Å². The lowest BCUT2D eigenvalue weighted by molar-refractivity contribution is -0.275. The number of alkyl halides is 3. The van der Waals surface area contributed by atoms with Gasteiger partial charge in [-0.05, 0) is 30.3 Å². The van der Waals surface area contributed by atoms with Gasteiger partial charge in [0, 0.05) is 12.1 Å². The van der Waals surface area contributed by atoms with Gasteiger partial charge in [0.1, 0.15) is 22.1 Å². The van der Waals surface area contributed by atoms with Crippen molar-refractivity contribution in [2.45, 2.75) is 17.8 Å². The van der Waals surface area contributed by atoms with E-state index in [1.807, 2.05) is 0 Å². The fourth-order valence-electron chi connectivity index (χ4n) is 2.15. The van der Waals surface area contributed by atoms with Crippen molar-refractivity contribution in [2.24, 2.45) is 0 Å². The Morgan fingerprint density at radius 3 is 2.31 bits per heavy atom. The van der Waals surface area contributed by atoms with E-state index in [0.29, 0.717) is 17.1 Å². The molecule has 2 aromatic carbocycles. The number of hydrogen-bond acceptors (Lipinski definition) is 5. The van der Waals surface area contributed by atoms with Crippen LogP contribution in [0.15, 0.2) is 47.4 Å². The van der Waals surface area contributed by atoms with Gasteiger partial charge in [0.15, 0.2) is 0 Å². The zero-order chi connectivity index (χ0) is 19.4. The van der Waals surface area contributed by atoms with Gasteiger partial charge < -0.3 is 14.2 Å². The number of para-hydroxylation sites is 1. The van der Waals surface area contributed by atoms with Crippen molar-refractivity contribution in [1.29, 1.82) is 0 Å². The largest absolute Gasteiger partial charge is 0.573 e. The third kappa shape index (κ3) is 5.02. The third-order valence-corrected chi connectivity index (χ3v) is 4.75. The number of nitrogens with one attached hydrogen (secondary N) is 1. The average Bonchev–Trinajstić information content (AvgIpc) is 2.58. The third-order valence-electron chi connectivity index (χ3n) is 3.30. The first kappa shape index (κ1) is 19.9. The van der Waals surface area contributed by atoms with E-state index in [-0.39, 0.29) is 6.54 Å². The van der Waals surface area contributed by atoms with E-state index in [4.69, 9.17) is 9.47 Å². The smallest absolute Gasteiger partial charge is 0.497 e. The lowest BCUT2D eigenvalue weighted by Gasteiger charge is -2.15. The Kier molecular flexibility index (Phi) is 5.98. The Balaban J connectivity index is 2.28. The molecule has 26 heavy (non-hydrogen) atoms. The molecule has 0 amide bonds. The Morgan fingerprint density at radius 2 is 1.69 bits per heavy atom. The molecule has 0 atom stereocenters. The summed E-state index contributed by atoms with van der Waals surface area (Å²) < 4.78 is 78.5. The van der Waals surface area contributed by atoms with E-state index in [1.54, 1.807) is 18.2 Å². The quantitative estimate of drug-likeness (QED) is 0.785. The van der Waals surface area contributed by atoms with Gasteiger partial charge >= 0.3 is 6.36 Å². The minimum absolute atomic E-state index is 0.219. The van der Waals surface area contributed by atoms with Crippen molar-refractivity contribution in [3.63, 3.8) is 0 Å². The number of ether oxygens (including phenoxy) is 3. The highest BCUT2D eigenvalue weighted by molar-refractivity contribution is 7.89. The number of hydrogen-bond donors (Lipinski definition) is 1. The number of benzene rings is 2. The molecule has 0 radical (unpaired) electrons. The minimum Gasteiger partial charge on any atom is -0.497 e. The van der Waals surface area contributed by atoms with E-state index in [0.717, 1.165) is 12.1 Å². The molecule has 2 aromatic rings. The van der Waals surface area contributed by atoms with E-state index < -0.39 is 27.0 Å². The molecule has 0 spiro atoms. The normalized spacial score (nSPS) is 11.9. The molecule has 142 valence electrons. The Morgan fingerprint density at radius 1 is 1.00 bits per heavy atom. The second-order valence-corrected chi connectivity index (χ2v) is 6.73. The molecule has 2 rings (SSSR count). The van der Waals surface area contributed by atoms with E-state index >= 15 is 0 Å². The number of rotatable bonds is 7. The van der Waals surface area contributed by atoms with Gasteiger partial charge in [-0.25, -0.2) is 13.1 Å². The lowest BCUT2D eigenvalue weighted by Crippen LogP contribution is -2.26. The first-order chi connectivity index (χ1) is 12.2. The topological polar surface area (TPSA) is 73.9 Å². The second-order valence-electron chi connectivity index (χ2n) is 5.00. The molecule has 0 aliphatic rings. The van der Waals surface area contributed by atoms with Gasteiger partial charge in [0.2, 0.25) is 10.0 Å². The molecule has 0 unspecified atom stereocenters. The van der Waals surface area contributed by atoms with Crippen molar-refractivity contribution in [3.05, 3.63) is 48.0 Å². The van der Waals surface area contributed by atoms with Gasteiger partial charge in [0.05, 0.1) is 14.2 Å². The molecule has 0 aliphatic carbocycles. The SMILES string of the molecule is COc1ccc(OC)c(CNS(=O)(=O)c2ccccc2OC(F)(F)F)c1. The summed E-state index contributed by atoms with van der Waals surface area (Å²) in [6.07, 6.45) is -5.01. The van der Waals surface area contributed by atoms with Crippen LogP contribution in [-0.2, 0) is 16.6 Å². The van der Waals surface area contributed by atoms with E-state index in [2.05, 4.69) is 9.46 Å². The molecule has 10 heteroatoms. The van der Waals surface area contributed by atoms with Crippen LogP contribution in [0.2, 0.25) is 0 Å². The highest BCUT2D eigenvalue weighted by Gasteiger charge is 2.34. The van der Waals surface area contributed by atoms with Gasteiger partial charge in [-0.2, -0.15) is 0 Å². The second kappa shape index (κ2) is 7.83. The van der Waals surface area contributed by atoms with Crippen molar-refractivity contribution >= 4 is 10.0 Å². The summed E-state index contributed by atoms with van der Waals surface area (Å²) in [5.74, 6) is 0.0548. The highest BCUT2D eigenvalue weighted by Crippen LogP contribution is 2.30. The Bertz CT molecular complexity index is 868. The monoisotopic (exact) mass is 391 g/mol. The van der Waals surface area contributed by atoms with Crippen LogP contribution in [0.5, 0.6) is 17.2 Å². The van der Waals surface area contributed by atoms with Crippen LogP contribution in [0, 0.1) is 0 Å². The molecule has 1 N–H and O–H groups in total. The predicted molar refractivity (Wildman–Crippen MR) is 86.7 cm³/mol. The van der Waals surface area contributed by atoms with Gasteiger partial charge in [0.25, 0.3) is 0 Å². The van der Waals surface area contributed by atoms with Crippen LogP contribution < -0.4 is 18.9 Å². The maximum atomic E-state index is 12.5. The van der Waals surface area contributed by atoms with Crippen LogP contribution in [-0.4, -0.2) is 29.0 Å². The number of methoxy groups -OCH3 is 2. The van der Waals surface area contributed by atoms with Crippen LogP contribution >= 0.6 is 0 Å². The summed E-state index contributed by atoms with van der Waals surface area (Å²) >= 11 is 0. The molecule has 0 saturated heterocycles. The van der Waals surface area contributed by atoms with Gasteiger partial charge in [-0.15, -0.1) is 13.2 Å². The van der Waals surface area contributed by atoms with Crippen LogP contribution in [0.25, 0.3) is 0 Å². The van der Waals surface area contributed by atoms with Crippen LogP contribution in [0.3, 0.4) is 0 Å². The number of sulfonamides is 1. The zero-order valence-electron chi connectivity index (χ0n) is 13.8. The average molecular weight is 391 g/mol. The molecule has 0 bridgehead atoms. The molecule has 0 saturated carbocycles. The zero-order valence-corrected chi connectivity index (χ0v) is 14.6. The fraction of sp³-hybridized carbons (Fsp3) is 0.250. The van der Waals surface area contributed by atoms with E-state index in [1.165, 1.54) is 26.4 Å². The van der Waals surface area contributed by atoms with E-state index in [9.17, 15) is 21.6 Å². The van der Waals surface area contributed by atoms with Gasteiger partial charge in [-0.1, -0.05) is 12.1 Å². The Labute approximate surface area is 148 Å². The van der Waals surface area contributed by atoms with Crippen molar-refractivity contribution in [2.75, 3.05) is 14.2 Å². The standard InChI is InChI=1S/C16H16F3NO5S/c1-23-12-7-8-13(24-2)11(9-12)10-20-26(21,22)15-6-4-3-5-14(15)25-16(17,18)19/h3-9,20H,10H2,1-2H3. The van der Waals surface area contributed by atoms with Crippen molar-refractivity contribution in [3.8, 4) is 17.2 Å². The first-order valence-corrected chi connectivity index (χ1v) is 8.70. The van der Waals surface area contributed by atoms with Crippen molar-refractivity contribution < 1.29 is 35.8 Å². The summed E-state index contributed by atoms with van der Waals surface area (Å²) in [6, 6.07) is 9.25. The maximum Gasteiger partial charge on any atom is 0.573 e. The van der Waals surface area contributed by atoms with Gasteiger partial charge in [-0.3, -0.25) is 0 Å². The molecule has 0 fully saturated rings. The predicted octanol–water partition coefficient (Wildman–Crippen LogP) is 3.08. The summed E-state index contributed by atoms with van der Waals surface area (Å²) in [4.78, 5) is -0.626. The fourth-order valence-corrected chi connectivity index (χ4v) is 3.29. The minimum atomic E-state index is -5.01. The summed E-state index contributed by atoms with van der Waals surface area (Å²) in [5.41, 5.74) is 0.449. The summed E-state index contributed by atoms with van der Waals surface area (Å²) in [5, 5.41) is 0. The summed E-state index contributed by atoms with van der Waals surface area (Å²) in [7, 11) is -1.42. The molecule has 0 aromatic heterocycles. The first-order valence-electron chi connectivity index (χ1n) is 7.21. The molecular weight excluding hydrogens is 375 g/mol. The molecule has 6 nitrogen and oxygen atoms in total. The molecular formula is C16H16F3NO5S.